The summed E-state index contributed by atoms with van der Waals surface area (Å²) in [7, 11) is -4.02. The number of hydrogen-bond acceptors (Lipinski definition) is 2. The molecular formula is C6H5MnO3S. The van der Waals surface area contributed by atoms with Crippen LogP contribution in [0.5, 0.6) is 0 Å². The first kappa shape index (κ1) is 10.6. The van der Waals surface area contributed by atoms with Gasteiger partial charge in [-0.15, -0.1) is 0 Å². The van der Waals surface area contributed by atoms with Crippen molar-refractivity contribution >= 4 is 10.1 Å². The van der Waals surface area contributed by atoms with Gasteiger partial charge < -0.3 is 0 Å². The molecule has 0 saturated carbocycles. The van der Waals surface area contributed by atoms with Gasteiger partial charge in [0.2, 0.25) is 0 Å². The van der Waals surface area contributed by atoms with Gasteiger partial charge in [0.15, 0.2) is 0 Å². The molecule has 0 aliphatic heterocycles. The van der Waals surface area contributed by atoms with E-state index in [1.807, 2.05) is 0 Å². The van der Waals surface area contributed by atoms with Gasteiger partial charge in [-0.25, -0.2) is 0 Å². The van der Waals surface area contributed by atoms with Gasteiger partial charge in [0.1, 0.15) is 0 Å². The molecule has 0 aliphatic carbocycles. The van der Waals surface area contributed by atoms with Crippen molar-refractivity contribution in [3.63, 3.8) is 0 Å². The summed E-state index contributed by atoms with van der Waals surface area (Å²) in [6, 6.07) is 8.02. The fraction of sp³-hybridized carbons (Fsp3) is 0. The van der Waals surface area contributed by atoms with Gasteiger partial charge in [-0.2, -0.15) is 8.42 Å². The van der Waals surface area contributed by atoms with E-state index in [4.69, 9.17) is 4.55 Å². The van der Waals surface area contributed by atoms with Crippen LogP contribution < -0.4 is 0 Å². The van der Waals surface area contributed by atoms with Crippen LogP contribution in [0.1, 0.15) is 0 Å². The molecule has 0 atom stereocenters. The molecule has 0 aromatic heterocycles. The first-order chi connectivity index (χ1) is 4.61. The number of rotatable bonds is 1. The summed E-state index contributed by atoms with van der Waals surface area (Å²) >= 11 is 0. The van der Waals surface area contributed by atoms with E-state index in [-0.39, 0.29) is 22.0 Å². The SMILES string of the molecule is O=S(=O)(O)c1cc[c]cc1.[Mn]. The first-order valence-electron chi connectivity index (χ1n) is 2.54. The monoisotopic (exact) mass is 212 g/mol. The van der Waals surface area contributed by atoms with E-state index in [0.29, 0.717) is 0 Å². The van der Waals surface area contributed by atoms with E-state index in [1.165, 1.54) is 24.3 Å². The molecule has 1 aromatic rings. The summed E-state index contributed by atoms with van der Waals surface area (Å²) in [6.07, 6.45) is 0. The summed E-state index contributed by atoms with van der Waals surface area (Å²) in [5.41, 5.74) is 0. The van der Waals surface area contributed by atoms with Crippen molar-refractivity contribution in [1.82, 2.24) is 0 Å². The largest absolute Gasteiger partial charge is 0.294 e. The Hall–Kier alpha value is -0.351. The van der Waals surface area contributed by atoms with E-state index in [9.17, 15) is 8.42 Å². The summed E-state index contributed by atoms with van der Waals surface area (Å²) in [5.74, 6) is 0. The molecule has 0 unspecified atom stereocenters. The van der Waals surface area contributed by atoms with E-state index < -0.39 is 10.1 Å². The fourth-order valence-corrected chi connectivity index (χ4v) is 1.02. The van der Waals surface area contributed by atoms with Crippen LogP contribution in [0.3, 0.4) is 0 Å². The van der Waals surface area contributed by atoms with Crippen molar-refractivity contribution in [2.75, 3.05) is 0 Å². The van der Waals surface area contributed by atoms with Crippen LogP contribution in [0.4, 0.5) is 0 Å². The third-order valence-corrected chi connectivity index (χ3v) is 1.85. The summed E-state index contributed by atoms with van der Waals surface area (Å²) in [5, 5.41) is 0. The van der Waals surface area contributed by atoms with Crippen molar-refractivity contribution < 1.29 is 30.0 Å². The van der Waals surface area contributed by atoms with Crippen LogP contribution >= 0.6 is 0 Å². The number of hydrogen-bond donors (Lipinski definition) is 1. The maximum absolute atomic E-state index is 10.4. The first-order valence-corrected chi connectivity index (χ1v) is 3.98. The van der Waals surface area contributed by atoms with Crippen molar-refractivity contribution in [1.29, 1.82) is 0 Å². The second-order valence-electron chi connectivity index (χ2n) is 1.71. The number of benzene rings is 1. The molecule has 2 radical (unpaired) electrons. The molecule has 0 spiro atoms. The minimum atomic E-state index is -4.02. The van der Waals surface area contributed by atoms with E-state index in [0.717, 1.165) is 0 Å². The summed E-state index contributed by atoms with van der Waals surface area (Å²) < 4.78 is 29.2. The Labute approximate surface area is 75.7 Å². The predicted octanol–water partition coefficient (Wildman–Crippen LogP) is 0.731. The second-order valence-corrected chi connectivity index (χ2v) is 3.13. The zero-order chi connectivity index (χ0) is 7.61. The average molecular weight is 212 g/mol. The van der Waals surface area contributed by atoms with Gasteiger partial charge >= 0.3 is 0 Å². The Balaban J connectivity index is 0.000001000. The minimum Gasteiger partial charge on any atom is -0.282 e. The molecule has 0 bridgehead atoms. The maximum Gasteiger partial charge on any atom is 0.294 e. The van der Waals surface area contributed by atoms with Gasteiger partial charge in [-0.3, -0.25) is 4.55 Å². The van der Waals surface area contributed by atoms with Crippen LogP contribution in [-0.2, 0) is 27.2 Å². The molecule has 1 N–H and O–H groups in total. The molecular weight excluding hydrogens is 207 g/mol. The normalized spacial score (nSPS) is 10.3. The Morgan fingerprint density at radius 1 is 1.27 bits per heavy atom. The van der Waals surface area contributed by atoms with Crippen LogP contribution in [-0.4, -0.2) is 13.0 Å². The van der Waals surface area contributed by atoms with Gasteiger partial charge in [0.25, 0.3) is 10.1 Å². The van der Waals surface area contributed by atoms with E-state index >= 15 is 0 Å². The van der Waals surface area contributed by atoms with Gasteiger partial charge in [0.05, 0.1) is 4.90 Å². The topological polar surface area (TPSA) is 54.4 Å². The molecule has 0 amide bonds. The van der Waals surface area contributed by atoms with Crippen molar-refractivity contribution in [3.8, 4) is 0 Å². The molecule has 60 valence electrons. The van der Waals surface area contributed by atoms with Crippen LogP contribution in [0, 0.1) is 6.07 Å². The standard InChI is InChI=1S/C6H5O3S.Mn/c7-10(8,9)6-4-2-1-3-5-6;/h2-5H,(H,7,8,9);. The van der Waals surface area contributed by atoms with Gasteiger partial charge in [0, 0.05) is 17.1 Å². The molecule has 11 heavy (non-hydrogen) atoms. The Morgan fingerprint density at radius 2 is 1.73 bits per heavy atom. The predicted molar refractivity (Wildman–Crippen MR) is 35.1 cm³/mol. The van der Waals surface area contributed by atoms with Crippen molar-refractivity contribution in [3.05, 3.63) is 30.3 Å². The Morgan fingerprint density at radius 3 is 2.00 bits per heavy atom. The molecule has 1 rings (SSSR count). The minimum absolute atomic E-state index is 0. The maximum atomic E-state index is 10.4. The Kier molecular flexibility index (Phi) is 3.75. The second kappa shape index (κ2) is 3.87. The molecule has 0 saturated heterocycles. The molecule has 3 nitrogen and oxygen atoms in total. The van der Waals surface area contributed by atoms with Crippen LogP contribution in [0.15, 0.2) is 29.2 Å². The quantitative estimate of drug-likeness (QED) is 0.551. The third-order valence-electron chi connectivity index (χ3n) is 0.986. The van der Waals surface area contributed by atoms with E-state index in [2.05, 4.69) is 6.07 Å². The van der Waals surface area contributed by atoms with Crippen LogP contribution in [0.25, 0.3) is 0 Å². The average Bonchev–Trinajstić information content (AvgIpc) is 1.88. The summed E-state index contributed by atoms with van der Waals surface area (Å²) in [4.78, 5) is -0.105. The van der Waals surface area contributed by atoms with Gasteiger partial charge in [-0.1, -0.05) is 12.1 Å². The zero-order valence-corrected chi connectivity index (χ0v) is 7.36. The Bertz CT molecular complexity index is 306. The molecule has 0 aliphatic rings. The van der Waals surface area contributed by atoms with Gasteiger partial charge in [-0.05, 0) is 18.2 Å². The van der Waals surface area contributed by atoms with Crippen molar-refractivity contribution in [2.45, 2.75) is 4.90 Å². The molecule has 5 heteroatoms. The summed E-state index contributed by atoms with van der Waals surface area (Å²) in [6.45, 7) is 0. The van der Waals surface area contributed by atoms with E-state index in [1.54, 1.807) is 0 Å². The fourth-order valence-electron chi connectivity index (χ4n) is 0.544. The smallest absolute Gasteiger partial charge is 0.282 e. The van der Waals surface area contributed by atoms with Crippen molar-refractivity contribution in [2.24, 2.45) is 0 Å². The molecule has 1 aromatic carbocycles. The van der Waals surface area contributed by atoms with Crippen LogP contribution in [0.2, 0.25) is 0 Å². The molecule has 0 fully saturated rings. The third kappa shape index (κ3) is 3.03. The zero-order valence-electron chi connectivity index (χ0n) is 5.36. The molecule has 0 heterocycles.